The maximum atomic E-state index is 12.2. The Hall–Kier alpha value is -1.92. The Morgan fingerprint density at radius 3 is 2.91 bits per heavy atom. The van der Waals surface area contributed by atoms with Crippen LogP contribution in [0.5, 0.6) is 0 Å². The second-order valence-electron chi connectivity index (χ2n) is 4.78. The molecule has 0 bridgehead atoms. The van der Waals surface area contributed by atoms with Crippen LogP contribution in [0.3, 0.4) is 0 Å². The first-order chi connectivity index (χ1) is 10.7. The van der Waals surface area contributed by atoms with Crippen LogP contribution in [-0.4, -0.2) is 21.1 Å². The van der Waals surface area contributed by atoms with Crippen molar-refractivity contribution in [2.45, 2.75) is 23.7 Å². The van der Waals surface area contributed by atoms with Crippen LogP contribution in [0.25, 0.3) is 10.2 Å². The molecule has 0 fully saturated rings. The molecule has 3 rings (SSSR count). The average molecular weight is 329 g/mol. The number of nitrogens with one attached hydrogen (secondary N) is 1. The zero-order chi connectivity index (χ0) is 15.4. The maximum absolute atomic E-state index is 12.2. The molecule has 1 atom stereocenters. The topological polar surface area (TPSA) is 54.9 Å². The van der Waals surface area contributed by atoms with Crippen molar-refractivity contribution in [1.29, 1.82) is 0 Å². The number of thioether (sulfide) groups is 1. The average Bonchev–Trinajstić information content (AvgIpc) is 3.03. The summed E-state index contributed by atoms with van der Waals surface area (Å²) in [5.41, 5.74) is 1.09. The molecular formula is C16H15N3OS2. The first-order valence-electron chi connectivity index (χ1n) is 6.90. The van der Waals surface area contributed by atoms with Crippen molar-refractivity contribution in [2.24, 2.45) is 0 Å². The molecule has 2 heterocycles. The SMILES string of the molecule is C[C@H](Sc1ncnc2sccc12)C(=O)NCc1ccccc1. The van der Waals surface area contributed by atoms with Gasteiger partial charge in [0, 0.05) is 11.9 Å². The van der Waals surface area contributed by atoms with Gasteiger partial charge in [0.05, 0.1) is 5.25 Å². The summed E-state index contributed by atoms with van der Waals surface area (Å²) in [6.45, 7) is 2.44. The number of amides is 1. The Balaban J connectivity index is 1.63. The van der Waals surface area contributed by atoms with E-state index >= 15 is 0 Å². The Bertz CT molecular complexity index is 773. The van der Waals surface area contributed by atoms with Crippen molar-refractivity contribution < 1.29 is 4.79 Å². The van der Waals surface area contributed by atoms with E-state index in [2.05, 4.69) is 15.3 Å². The van der Waals surface area contributed by atoms with E-state index in [-0.39, 0.29) is 11.2 Å². The van der Waals surface area contributed by atoms with Crippen molar-refractivity contribution in [3.63, 3.8) is 0 Å². The monoisotopic (exact) mass is 329 g/mol. The van der Waals surface area contributed by atoms with Crippen molar-refractivity contribution >= 4 is 39.2 Å². The normalized spacial score (nSPS) is 12.2. The number of carbonyl (C=O) groups is 1. The predicted molar refractivity (Wildman–Crippen MR) is 91.0 cm³/mol. The lowest BCUT2D eigenvalue weighted by molar-refractivity contribution is -0.120. The van der Waals surface area contributed by atoms with Gasteiger partial charge in [-0.1, -0.05) is 42.1 Å². The van der Waals surface area contributed by atoms with Crippen molar-refractivity contribution in [3.8, 4) is 0 Å². The summed E-state index contributed by atoms with van der Waals surface area (Å²) in [5, 5.41) is 6.61. The standard InChI is InChI=1S/C16H15N3OS2/c1-11(14(20)17-9-12-5-3-2-4-6-12)22-16-13-7-8-21-15(13)18-10-19-16/h2-8,10-11H,9H2,1H3,(H,17,20)/t11-/m0/s1. The Kier molecular flexibility index (Phi) is 4.70. The van der Waals surface area contributed by atoms with E-state index in [4.69, 9.17) is 0 Å². The van der Waals surface area contributed by atoms with Gasteiger partial charge in [-0.2, -0.15) is 0 Å². The highest BCUT2D eigenvalue weighted by Gasteiger charge is 2.16. The molecule has 1 amide bonds. The first-order valence-corrected chi connectivity index (χ1v) is 8.66. The number of hydrogen-bond acceptors (Lipinski definition) is 5. The number of aromatic nitrogens is 2. The number of hydrogen-bond donors (Lipinski definition) is 1. The third kappa shape index (κ3) is 3.45. The second kappa shape index (κ2) is 6.89. The smallest absolute Gasteiger partial charge is 0.233 e. The first kappa shape index (κ1) is 15.0. The highest BCUT2D eigenvalue weighted by Crippen LogP contribution is 2.30. The number of rotatable bonds is 5. The fourth-order valence-corrected chi connectivity index (χ4v) is 3.73. The molecule has 0 radical (unpaired) electrons. The van der Waals surface area contributed by atoms with Crippen LogP contribution in [0, 0.1) is 0 Å². The molecule has 112 valence electrons. The maximum Gasteiger partial charge on any atom is 0.233 e. The lowest BCUT2D eigenvalue weighted by Gasteiger charge is -2.12. The van der Waals surface area contributed by atoms with Crippen LogP contribution in [-0.2, 0) is 11.3 Å². The van der Waals surface area contributed by atoms with Gasteiger partial charge in [-0.15, -0.1) is 11.3 Å². The van der Waals surface area contributed by atoms with E-state index in [1.807, 2.05) is 48.7 Å². The molecule has 22 heavy (non-hydrogen) atoms. The van der Waals surface area contributed by atoms with Crippen LogP contribution in [0.15, 0.2) is 53.1 Å². The van der Waals surface area contributed by atoms with Crippen molar-refractivity contribution in [1.82, 2.24) is 15.3 Å². The summed E-state index contributed by atoms with van der Waals surface area (Å²) in [6.07, 6.45) is 1.55. The Morgan fingerprint density at radius 2 is 2.09 bits per heavy atom. The molecule has 4 nitrogen and oxygen atoms in total. The summed E-state index contributed by atoms with van der Waals surface area (Å²) in [7, 11) is 0. The van der Waals surface area contributed by atoms with Gasteiger partial charge in [0.15, 0.2) is 0 Å². The molecule has 0 spiro atoms. The molecule has 0 aliphatic carbocycles. The summed E-state index contributed by atoms with van der Waals surface area (Å²) in [4.78, 5) is 21.7. The number of fused-ring (bicyclic) bond motifs is 1. The highest BCUT2D eigenvalue weighted by molar-refractivity contribution is 8.00. The molecule has 0 aliphatic heterocycles. The molecule has 1 aromatic carbocycles. The van der Waals surface area contributed by atoms with Gasteiger partial charge >= 0.3 is 0 Å². The summed E-state index contributed by atoms with van der Waals surface area (Å²) < 4.78 is 0. The third-order valence-corrected chi connectivity index (χ3v) is 5.13. The van der Waals surface area contributed by atoms with Gasteiger partial charge in [0.1, 0.15) is 16.2 Å². The third-order valence-electron chi connectivity index (χ3n) is 3.19. The molecule has 0 saturated heterocycles. The minimum absolute atomic E-state index is 0.0100. The fraction of sp³-hybridized carbons (Fsp3) is 0.188. The van der Waals surface area contributed by atoms with Crippen LogP contribution in [0.4, 0.5) is 0 Å². The van der Waals surface area contributed by atoms with E-state index < -0.39 is 0 Å². The van der Waals surface area contributed by atoms with Gasteiger partial charge in [-0.25, -0.2) is 9.97 Å². The lowest BCUT2D eigenvalue weighted by Crippen LogP contribution is -2.30. The number of carbonyl (C=O) groups excluding carboxylic acids is 1. The van der Waals surface area contributed by atoms with Crippen molar-refractivity contribution in [3.05, 3.63) is 53.7 Å². The minimum atomic E-state index is -0.207. The highest BCUT2D eigenvalue weighted by atomic mass is 32.2. The van der Waals surface area contributed by atoms with Crippen LogP contribution in [0.1, 0.15) is 12.5 Å². The van der Waals surface area contributed by atoms with E-state index in [1.54, 1.807) is 17.7 Å². The van der Waals surface area contributed by atoms with Crippen molar-refractivity contribution in [2.75, 3.05) is 0 Å². The zero-order valence-corrected chi connectivity index (χ0v) is 13.7. The number of nitrogens with zero attached hydrogens (tertiary/aromatic N) is 2. The van der Waals surface area contributed by atoms with E-state index in [0.717, 1.165) is 20.8 Å². The Labute approximate surface area is 137 Å². The van der Waals surface area contributed by atoms with Gasteiger partial charge in [-0.3, -0.25) is 4.79 Å². The molecule has 1 N–H and O–H groups in total. The molecule has 6 heteroatoms. The van der Waals surface area contributed by atoms with E-state index in [0.29, 0.717) is 6.54 Å². The minimum Gasteiger partial charge on any atom is -0.351 e. The summed E-state index contributed by atoms with van der Waals surface area (Å²) >= 11 is 3.04. The van der Waals surface area contributed by atoms with Gasteiger partial charge in [0.2, 0.25) is 5.91 Å². The quantitative estimate of drug-likeness (QED) is 0.575. The molecule has 3 aromatic rings. The van der Waals surface area contributed by atoms with Crippen LogP contribution < -0.4 is 5.32 Å². The lowest BCUT2D eigenvalue weighted by atomic mass is 10.2. The summed E-state index contributed by atoms with van der Waals surface area (Å²) in [6, 6.07) is 11.9. The number of thiophene rings is 1. The largest absolute Gasteiger partial charge is 0.351 e. The van der Waals surface area contributed by atoms with E-state index in [1.165, 1.54) is 11.8 Å². The molecule has 0 unspecified atom stereocenters. The van der Waals surface area contributed by atoms with Gasteiger partial charge in [0.25, 0.3) is 0 Å². The van der Waals surface area contributed by atoms with Crippen LogP contribution >= 0.6 is 23.1 Å². The fourth-order valence-electron chi connectivity index (χ4n) is 2.01. The predicted octanol–water partition coefficient (Wildman–Crippen LogP) is 3.49. The van der Waals surface area contributed by atoms with E-state index in [9.17, 15) is 4.79 Å². The molecule has 0 saturated carbocycles. The molecular weight excluding hydrogens is 314 g/mol. The summed E-state index contributed by atoms with van der Waals surface area (Å²) in [5.74, 6) is 0.0100. The van der Waals surface area contributed by atoms with Crippen LogP contribution in [0.2, 0.25) is 0 Å². The van der Waals surface area contributed by atoms with Gasteiger partial charge in [-0.05, 0) is 23.9 Å². The molecule has 2 aromatic heterocycles. The number of benzene rings is 1. The van der Waals surface area contributed by atoms with Gasteiger partial charge < -0.3 is 5.32 Å². The Morgan fingerprint density at radius 1 is 1.27 bits per heavy atom. The second-order valence-corrected chi connectivity index (χ2v) is 7.01. The zero-order valence-electron chi connectivity index (χ0n) is 12.0. The molecule has 0 aliphatic rings.